The highest BCUT2D eigenvalue weighted by molar-refractivity contribution is 6.01. The fraction of sp³-hybridized carbons (Fsp3) is 0.667. The summed E-state index contributed by atoms with van der Waals surface area (Å²) in [6.45, 7) is -0.476. The molecule has 1 N–H and O–H groups in total. The Kier molecular flexibility index (Phi) is 5.03. The van der Waals surface area contributed by atoms with Gasteiger partial charge in [-0.1, -0.05) is 0 Å². The van der Waals surface area contributed by atoms with Gasteiger partial charge in [0, 0.05) is 12.8 Å². The molecule has 1 aliphatic rings. The van der Waals surface area contributed by atoms with Crippen molar-refractivity contribution in [2.45, 2.75) is 19.3 Å². The number of amides is 2. The number of hydrogen-bond acceptors (Lipinski definition) is 6. The summed E-state index contributed by atoms with van der Waals surface area (Å²) in [5, 5.41) is 23.8. The van der Waals surface area contributed by atoms with Crippen LogP contribution in [-0.4, -0.2) is 58.1 Å². The molecule has 1 aliphatic heterocycles. The summed E-state index contributed by atoms with van der Waals surface area (Å²) in [5.74, 6) is -1.80. The van der Waals surface area contributed by atoms with Gasteiger partial charge in [0.2, 0.25) is 23.8 Å². The maximum Gasteiger partial charge on any atom is 0.305 e. The summed E-state index contributed by atoms with van der Waals surface area (Å²) in [6, 6.07) is 0. The molecule has 10 nitrogen and oxygen atoms in total. The van der Waals surface area contributed by atoms with Crippen molar-refractivity contribution in [3.63, 3.8) is 0 Å². The van der Waals surface area contributed by atoms with Crippen molar-refractivity contribution in [2.24, 2.45) is 5.28 Å². The van der Waals surface area contributed by atoms with Crippen LogP contribution in [-0.2, 0) is 19.2 Å². The molecular formula is C9H14N4O6. The third kappa shape index (κ3) is 4.41. The number of carboxylic acid groups (broad SMARTS) is 1. The predicted molar refractivity (Wildman–Crippen MR) is 58.0 cm³/mol. The van der Waals surface area contributed by atoms with Crippen LogP contribution in [0.2, 0.25) is 0 Å². The van der Waals surface area contributed by atoms with E-state index in [1.165, 1.54) is 7.05 Å². The van der Waals surface area contributed by atoms with Gasteiger partial charge in [-0.15, -0.1) is 5.01 Å². The molecule has 0 saturated carbocycles. The Hall–Kier alpha value is -2.39. The highest BCUT2D eigenvalue weighted by atomic mass is 16.7. The van der Waals surface area contributed by atoms with Crippen molar-refractivity contribution in [3.05, 3.63) is 5.21 Å². The molecule has 0 unspecified atom stereocenters. The van der Waals surface area contributed by atoms with Gasteiger partial charge in [0.15, 0.2) is 0 Å². The largest absolute Gasteiger partial charge is 0.569 e. The monoisotopic (exact) mass is 274 g/mol. The van der Waals surface area contributed by atoms with E-state index in [0.717, 1.165) is 9.91 Å². The zero-order valence-corrected chi connectivity index (χ0v) is 10.3. The molecule has 1 heterocycles. The molecule has 0 aliphatic carbocycles. The maximum absolute atomic E-state index is 11.3. The number of rotatable bonds is 7. The second-order valence-electron chi connectivity index (χ2n) is 3.83. The first-order valence-corrected chi connectivity index (χ1v) is 5.48. The van der Waals surface area contributed by atoms with Crippen LogP contribution in [0.3, 0.4) is 0 Å². The SMILES string of the molecule is CN(CCC(=O)O)[N+]([O-])=NOCN1C(=O)CCC1=O. The second kappa shape index (κ2) is 6.52. The van der Waals surface area contributed by atoms with Crippen LogP contribution in [0.25, 0.3) is 0 Å². The first kappa shape index (κ1) is 14.7. The zero-order chi connectivity index (χ0) is 14.4. The Bertz CT molecular complexity index is 394. The Morgan fingerprint density at radius 2 is 2.11 bits per heavy atom. The molecule has 0 aromatic rings. The zero-order valence-electron chi connectivity index (χ0n) is 10.3. The van der Waals surface area contributed by atoms with E-state index in [2.05, 4.69) is 10.1 Å². The fourth-order valence-corrected chi connectivity index (χ4v) is 1.31. The summed E-state index contributed by atoms with van der Waals surface area (Å²) in [4.78, 5) is 38.2. The van der Waals surface area contributed by atoms with Gasteiger partial charge in [-0.05, 0) is 0 Å². The Labute approximate surface area is 108 Å². The smallest absolute Gasteiger partial charge is 0.305 e. The summed E-state index contributed by atoms with van der Waals surface area (Å²) in [6.07, 6.45) is 0.0252. The predicted octanol–water partition coefficient (Wildman–Crippen LogP) is -0.691. The van der Waals surface area contributed by atoms with Gasteiger partial charge in [-0.3, -0.25) is 14.4 Å². The molecule has 1 saturated heterocycles. The number of carboxylic acids is 1. The van der Waals surface area contributed by atoms with Crippen molar-refractivity contribution in [1.29, 1.82) is 0 Å². The van der Waals surface area contributed by atoms with Crippen LogP contribution in [0.15, 0.2) is 5.28 Å². The Morgan fingerprint density at radius 1 is 1.53 bits per heavy atom. The summed E-state index contributed by atoms with van der Waals surface area (Å²) in [7, 11) is 1.33. The number of imide groups is 1. The average molecular weight is 274 g/mol. The minimum Gasteiger partial charge on any atom is -0.569 e. The van der Waals surface area contributed by atoms with Gasteiger partial charge in [0.25, 0.3) is 0 Å². The topological polar surface area (TPSA) is 126 Å². The summed E-state index contributed by atoms with van der Waals surface area (Å²) >= 11 is 0. The molecule has 0 aromatic heterocycles. The van der Waals surface area contributed by atoms with Crippen LogP contribution < -0.4 is 0 Å². The van der Waals surface area contributed by atoms with Gasteiger partial charge >= 0.3 is 5.97 Å². The van der Waals surface area contributed by atoms with Gasteiger partial charge < -0.3 is 15.2 Å². The number of hydrogen-bond donors (Lipinski definition) is 1. The normalized spacial score (nSPS) is 15.8. The standard InChI is InChI=1S/C9H14N4O6/c1-11(5-4-9(16)17)13(18)10-19-6-12-7(14)2-3-8(12)15/h2-6H2,1H3,(H,16,17). The van der Waals surface area contributed by atoms with E-state index in [1.807, 2.05) is 0 Å². The lowest BCUT2D eigenvalue weighted by molar-refractivity contribution is -0.705. The van der Waals surface area contributed by atoms with Crippen molar-refractivity contribution in [1.82, 2.24) is 9.91 Å². The van der Waals surface area contributed by atoms with E-state index in [0.29, 0.717) is 0 Å². The molecular weight excluding hydrogens is 260 g/mol. The van der Waals surface area contributed by atoms with Crippen molar-refractivity contribution < 1.29 is 29.3 Å². The summed E-state index contributed by atoms with van der Waals surface area (Å²) in [5.41, 5.74) is 0. The average Bonchev–Trinajstić information content (AvgIpc) is 2.67. The Morgan fingerprint density at radius 3 is 2.63 bits per heavy atom. The highest BCUT2D eigenvalue weighted by Gasteiger charge is 2.29. The van der Waals surface area contributed by atoms with Crippen LogP contribution >= 0.6 is 0 Å². The third-order valence-electron chi connectivity index (χ3n) is 2.41. The molecule has 0 radical (unpaired) electrons. The van der Waals surface area contributed by atoms with Gasteiger partial charge in [-0.2, -0.15) is 0 Å². The second-order valence-corrected chi connectivity index (χ2v) is 3.83. The quantitative estimate of drug-likeness (QED) is 0.282. The van der Waals surface area contributed by atoms with Gasteiger partial charge in [-0.25, -0.2) is 4.90 Å². The van der Waals surface area contributed by atoms with Crippen molar-refractivity contribution in [3.8, 4) is 0 Å². The number of carbonyl (C=O) groups excluding carboxylic acids is 2. The molecule has 0 bridgehead atoms. The lowest BCUT2D eigenvalue weighted by atomic mass is 10.4. The van der Waals surface area contributed by atoms with E-state index < -0.39 is 12.7 Å². The van der Waals surface area contributed by atoms with Crippen LogP contribution in [0.5, 0.6) is 0 Å². The number of hydrazine groups is 1. The van der Waals surface area contributed by atoms with Crippen molar-refractivity contribution in [2.75, 3.05) is 20.3 Å². The molecule has 10 heteroatoms. The van der Waals surface area contributed by atoms with E-state index in [9.17, 15) is 19.6 Å². The lowest BCUT2D eigenvalue weighted by Crippen LogP contribution is -2.32. The number of aliphatic carboxylic acids is 1. The molecule has 1 rings (SSSR count). The van der Waals surface area contributed by atoms with Gasteiger partial charge in [0.05, 0.1) is 25.0 Å². The van der Waals surface area contributed by atoms with Gasteiger partial charge in [0.1, 0.15) is 0 Å². The number of carbonyl (C=O) groups is 3. The van der Waals surface area contributed by atoms with Crippen LogP contribution in [0, 0.1) is 5.21 Å². The van der Waals surface area contributed by atoms with E-state index >= 15 is 0 Å². The van der Waals surface area contributed by atoms with Crippen molar-refractivity contribution >= 4 is 17.8 Å². The molecule has 0 atom stereocenters. The number of nitrogens with zero attached hydrogens (tertiary/aromatic N) is 4. The first-order valence-electron chi connectivity index (χ1n) is 5.48. The van der Waals surface area contributed by atoms with Crippen LogP contribution in [0.1, 0.15) is 19.3 Å². The summed E-state index contributed by atoms with van der Waals surface area (Å²) < 4.78 is 0. The fourth-order valence-electron chi connectivity index (χ4n) is 1.31. The minimum absolute atomic E-state index is 0.0483. The lowest BCUT2D eigenvalue weighted by Gasteiger charge is -2.13. The molecule has 106 valence electrons. The minimum atomic E-state index is -1.05. The molecule has 19 heavy (non-hydrogen) atoms. The first-order chi connectivity index (χ1) is 8.91. The third-order valence-corrected chi connectivity index (χ3v) is 2.41. The molecule has 1 fully saturated rings. The van der Waals surface area contributed by atoms with E-state index in [4.69, 9.17) is 5.11 Å². The molecule has 0 aromatic carbocycles. The number of likely N-dealkylation sites (tertiary alicyclic amines) is 1. The van der Waals surface area contributed by atoms with E-state index in [-0.39, 0.29) is 42.6 Å². The Balaban J connectivity index is 2.36. The maximum atomic E-state index is 11.3. The molecule has 0 spiro atoms. The molecule has 2 amide bonds. The van der Waals surface area contributed by atoms with Crippen LogP contribution in [0.4, 0.5) is 0 Å². The van der Waals surface area contributed by atoms with E-state index in [1.54, 1.807) is 0 Å². The highest BCUT2D eigenvalue weighted by Crippen LogP contribution is 2.11.